The summed E-state index contributed by atoms with van der Waals surface area (Å²) in [6, 6.07) is -0.937. The number of anilines is 1. The van der Waals surface area contributed by atoms with Gasteiger partial charge in [0.05, 0.1) is 0 Å². The van der Waals surface area contributed by atoms with Crippen LogP contribution in [0.2, 0.25) is 0 Å². The fourth-order valence-corrected chi connectivity index (χ4v) is 1.73. The summed E-state index contributed by atoms with van der Waals surface area (Å²) in [7, 11) is 0. The number of aliphatic carboxylic acids is 1. The standard InChI is InChI=1S/C13H13F5N2O3/c1-2-9(13(16,17)18)20-6-3-7(14)11(8(15)4-6)12(23)19-5-10(21)22/h3-4,9,20H,2,5H2,1H3,(H,19,23)(H,21,22). The van der Waals surface area contributed by atoms with E-state index in [1.165, 1.54) is 6.92 Å². The monoisotopic (exact) mass is 340 g/mol. The maximum atomic E-state index is 13.8. The highest BCUT2D eigenvalue weighted by atomic mass is 19.4. The van der Waals surface area contributed by atoms with Gasteiger partial charge in [-0.3, -0.25) is 9.59 Å². The first-order valence-corrected chi connectivity index (χ1v) is 6.38. The Balaban J connectivity index is 3.01. The van der Waals surface area contributed by atoms with Crippen molar-refractivity contribution in [3.8, 4) is 0 Å². The van der Waals surface area contributed by atoms with E-state index in [1.807, 2.05) is 5.32 Å². The molecule has 1 unspecified atom stereocenters. The molecule has 128 valence electrons. The van der Waals surface area contributed by atoms with Gasteiger partial charge in [0.15, 0.2) is 0 Å². The van der Waals surface area contributed by atoms with Crippen LogP contribution in [0.5, 0.6) is 0 Å². The van der Waals surface area contributed by atoms with Gasteiger partial charge in [-0.15, -0.1) is 0 Å². The van der Waals surface area contributed by atoms with E-state index in [-0.39, 0.29) is 6.42 Å². The number of carbonyl (C=O) groups excluding carboxylic acids is 1. The highest BCUT2D eigenvalue weighted by Crippen LogP contribution is 2.27. The van der Waals surface area contributed by atoms with Crippen molar-refractivity contribution in [2.45, 2.75) is 25.6 Å². The minimum atomic E-state index is -4.61. The van der Waals surface area contributed by atoms with Crippen molar-refractivity contribution in [1.29, 1.82) is 0 Å². The smallest absolute Gasteiger partial charge is 0.408 e. The van der Waals surface area contributed by atoms with Crippen LogP contribution in [-0.4, -0.2) is 35.7 Å². The molecule has 0 aliphatic carbocycles. The Labute approximate surface area is 127 Å². The number of halogens is 5. The van der Waals surface area contributed by atoms with Gasteiger partial charge in [0, 0.05) is 5.69 Å². The normalized spacial score (nSPS) is 12.6. The molecule has 0 spiro atoms. The van der Waals surface area contributed by atoms with Crippen LogP contribution in [0, 0.1) is 11.6 Å². The number of carboxylic acids is 1. The van der Waals surface area contributed by atoms with Gasteiger partial charge in [-0.05, 0) is 18.6 Å². The Morgan fingerprint density at radius 3 is 2.13 bits per heavy atom. The third kappa shape index (κ3) is 5.08. The zero-order chi connectivity index (χ0) is 17.8. The molecular formula is C13H13F5N2O3. The number of carbonyl (C=O) groups is 2. The van der Waals surface area contributed by atoms with Gasteiger partial charge in [0.2, 0.25) is 0 Å². The fraction of sp³-hybridized carbons (Fsp3) is 0.385. The van der Waals surface area contributed by atoms with Crippen LogP contribution in [-0.2, 0) is 4.79 Å². The van der Waals surface area contributed by atoms with Crippen LogP contribution < -0.4 is 10.6 Å². The Bertz CT molecular complexity index is 581. The second-order valence-electron chi connectivity index (χ2n) is 4.54. The van der Waals surface area contributed by atoms with Crippen LogP contribution in [0.3, 0.4) is 0 Å². The molecule has 0 heterocycles. The van der Waals surface area contributed by atoms with E-state index in [0.717, 1.165) is 0 Å². The lowest BCUT2D eigenvalue weighted by Gasteiger charge is -2.21. The summed E-state index contributed by atoms with van der Waals surface area (Å²) in [5, 5.41) is 12.1. The Morgan fingerprint density at radius 1 is 1.22 bits per heavy atom. The number of hydrogen-bond donors (Lipinski definition) is 3. The lowest BCUT2D eigenvalue weighted by Crippen LogP contribution is -2.35. The molecule has 10 heteroatoms. The van der Waals surface area contributed by atoms with Gasteiger partial charge in [-0.2, -0.15) is 13.2 Å². The molecular weight excluding hydrogens is 327 g/mol. The van der Waals surface area contributed by atoms with Gasteiger partial charge in [0.1, 0.15) is 29.8 Å². The van der Waals surface area contributed by atoms with E-state index < -0.39 is 53.5 Å². The zero-order valence-electron chi connectivity index (χ0n) is 11.8. The second kappa shape index (κ2) is 7.25. The van der Waals surface area contributed by atoms with Gasteiger partial charge < -0.3 is 15.7 Å². The predicted molar refractivity (Wildman–Crippen MR) is 70.1 cm³/mol. The molecule has 1 aromatic carbocycles. The number of hydrogen-bond acceptors (Lipinski definition) is 3. The molecule has 23 heavy (non-hydrogen) atoms. The minimum absolute atomic E-state index is 0.367. The lowest BCUT2D eigenvalue weighted by molar-refractivity contribution is -0.142. The molecule has 1 aromatic rings. The number of carboxylic acid groups (broad SMARTS) is 1. The first-order valence-electron chi connectivity index (χ1n) is 6.38. The lowest BCUT2D eigenvalue weighted by atomic mass is 10.1. The molecule has 0 aliphatic rings. The van der Waals surface area contributed by atoms with Crippen LogP contribution in [0.15, 0.2) is 12.1 Å². The van der Waals surface area contributed by atoms with Gasteiger partial charge in [-0.25, -0.2) is 8.78 Å². The van der Waals surface area contributed by atoms with E-state index in [2.05, 4.69) is 0 Å². The van der Waals surface area contributed by atoms with Crippen LogP contribution in [0.1, 0.15) is 23.7 Å². The van der Waals surface area contributed by atoms with E-state index >= 15 is 0 Å². The molecule has 0 bridgehead atoms. The third-order valence-electron chi connectivity index (χ3n) is 2.81. The molecule has 0 aromatic heterocycles. The van der Waals surface area contributed by atoms with E-state index in [1.54, 1.807) is 5.32 Å². The van der Waals surface area contributed by atoms with Gasteiger partial charge in [0.25, 0.3) is 5.91 Å². The summed E-state index contributed by atoms with van der Waals surface area (Å²) in [6.07, 6.45) is -4.98. The fourth-order valence-electron chi connectivity index (χ4n) is 1.73. The summed E-state index contributed by atoms with van der Waals surface area (Å²) in [6.45, 7) is 0.384. The van der Waals surface area contributed by atoms with Crippen molar-refractivity contribution in [3.05, 3.63) is 29.3 Å². The van der Waals surface area contributed by atoms with Crippen LogP contribution in [0.25, 0.3) is 0 Å². The average molecular weight is 340 g/mol. The Morgan fingerprint density at radius 2 is 1.74 bits per heavy atom. The largest absolute Gasteiger partial charge is 0.480 e. The SMILES string of the molecule is CCC(Nc1cc(F)c(C(=O)NCC(=O)O)c(F)c1)C(F)(F)F. The molecule has 3 N–H and O–H groups in total. The summed E-state index contributed by atoms with van der Waals surface area (Å²) in [5.74, 6) is -5.56. The van der Waals surface area contributed by atoms with Crippen molar-refractivity contribution < 1.29 is 36.6 Å². The summed E-state index contributed by atoms with van der Waals surface area (Å²) >= 11 is 0. The summed E-state index contributed by atoms with van der Waals surface area (Å²) < 4.78 is 65.4. The van der Waals surface area contributed by atoms with Crippen LogP contribution in [0.4, 0.5) is 27.6 Å². The molecule has 5 nitrogen and oxygen atoms in total. The molecule has 0 fully saturated rings. The molecule has 1 rings (SSSR count). The number of nitrogens with one attached hydrogen (secondary N) is 2. The molecule has 1 atom stereocenters. The third-order valence-corrected chi connectivity index (χ3v) is 2.81. The molecule has 0 saturated heterocycles. The first kappa shape index (κ1) is 18.7. The first-order chi connectivity index (χ1) is 10.6. The summed E-state index contributed by atoms with van der Waals surface area (Å²) in [5.41, 5.74) is -1.56. The van der Waals surface area contributed by atoms with E-state index in [0.29, 0.717) is 12.1 Å². The Hall–Kier alpha value is -2.39. The maximum absolute atomic E-state index is 13.8. The van der Waals surface area contributed by atoms with Crippen molar-refractivity contribution in [3.63, 3.8) is 0 Å². The number of rotatable bonds is 6. The highest BCUT2D eigenvalue weighted by Gasteiger charge is 2.38. The van der Waals surface area contributed by atoms with E-state index in [9.17, 15) is 31.5 Å². The highest BCUT2D eigenvalue weighted by molar-refractivity contribution is 5.96. The number of amides is 1. The Kier molecular flexibility index (Phi) is 5.88. The number of benzene rings is 1. The molecule has 1 amide bonds. The predicted octanol–water partition coefficient (Wildman–Crippen LogP) is 2.53. The van der Waals surface area contributed by atoms with Crippen molar-refractivity contribution in [1.82, 2.24) is 5.32 Å². The topological polar surface area (TPSA) is 78.4 Å². The van der Waals surface area contributed by atoms with Crippen molar-refractivity contribution in [2.24, 2.45) is 0 Å². The van der Waals surface area contributed by atoms with E-state index in [4.69, 9.17) is 5.11 Å². The van der Waals surface area contributed by atoms with Crippen LogP contribution >= 0.6 is 0 Å². The minimum Gasteiger partial charge on any atom is -0.480 e. The summed E-state index contributed by atoms with van der Waals surface area (Å²) in [4.78, 5) is 21.8. The van der Waals surface area contributed by atoms with Gasteiger partial charge >= 0.3 is 12.1 Å². The second-order valence-corrected chi connectivity index (χ2v) is 4.54. The zero-order valence-corrected chi connectivity index (χ0v) is 11.8. The van der Waals surface area contributed by atoms with Crippen molar-refractivity contribution in [2.75, 3.05) is 11.9 Å². The number of alkyl halides is 3. The van der Waals surface area contributed by atoms with Crippen molar-refractivity contribution >= 4 is 17.6 Å². The quantitative estimate of drug-likeness (QED) is 0.696. The maximum Gasteiger partial charge on any atom is 0.408 e. The van der Waals surface area contributed by atoms with Gasteiger partial charge in [-0.1, -0.05) is 6.92 Å². The molecule has 0 aliphatic heterocycles. The molecule has 0 radical (unpaired) electrons. The average Bonchev–Trinajstić information content (AvgIpc) is 2.40. The molecule has 0 saturated carbocycles.